The summed E-state index contributed by atoms with van der Waals surface area (Å²) in [6.45, 7) is 7.62. The standard InChI is InChI=1S/C16H23NO4/c1-5-20-14-7-6-13(8-15(14)19-4)16(18)17-9-12(3)21-10-11(17)2/h6-8,11-12H,5,9-10H2,1-4H3. The van der Waals surface area contributed by atoms with Crippen molar-refractivity contribution >= 4 is 5.91 Å². The van der Waals surface area contributed by atoms with Crippen LogP contribution in [0.25, 0.3) is 0 Å². The molecule has 5 nitrogen and oxygen atoms in total. The molecule has 21 heavy (non-hydrogen) atoms. The van der Waals surface area contributed by atoms with E-state index in [0.717, 1.165) is 0 Å². The van der Waals surface area contributed by atoms with E-state index in [4.69, 9.17) is 14.2 Å². The zero-order valence-corrected chi connectivity index (χ0v) is 13.1. The van der Waals surface area contributed by atoms with Crippen LogP contribution >= 0.6 is 0 Å². The van der Waals surface area contributed by atoms with Crippen molar-refractivity contribution in [3.8, 4) is 11.5 Å². The molecule has 1 aliphatic rings. The highest BCUT2D eigenvalue weighted by molar-refractivity contribution is 5.95. The summed E-state index contributed by atoms with van der Waals surface area (Å²) in [6, 6.07) is 5.37. The molecule has 5 heteroatoms. The Morgan fingerprint density at radius 3 is 2.81 bits per heavy atom. The number of benzene rings is 1. The largest absolute Gasteiger partial charge is 0.493 e. The van der Waals surface area contributed by atoms with Gasteiger partial charge in [0.05, 0.1) is 32.5 Å². The van der Waals surface area contributed by atoms with Crippen molar-refractivity contribution in [2.24, 2.45) is 0 Å². The SMILES string of the molecule is CCOc1ccc(C(=O)N2CC(C)OCC2C)cc1OC. The third-order valence-corrected chi connectivity index (χ3v) is 3.58. The summed E-state index contributed by atoms with van der Waals surface area (Å²) in [5.41, 5.74) is 0.608. The van der Waals surface area contributed by atoms with Crippen LogP contribution in [0.1, 0.15) is 31.1 Å². The highest BCUT2D eigenvalue weighted by atomic mass is 16.5. The first-order chi connectivity index (χ1) is 10.1. The monoisotopic (exact) mass is 293 g/mol. The lowest BCUT2D eigenvalue weighted by Crippen LogP contribution is -2.50. The molecule has 0 radical (unpaired) electrons. The molecule has 1 heterocycles. The van der Waals surface area contributed by atoms with Gasteiger partial charge >= 0.3 is 0 Å². The van der Waals surface area contributed by atoms with E-state index >= 15 is 0 Å². The number of rotatable bonds is 4. The Morgan fingerprint density at radius 2 is 2.14 bits per heavy atom. The van der Waals surface area contributed by atoms with Crippen molar-refractivity contribution in [3.05, 3.63) is 23.8 Å². The first-order valence-electron chi connectivity index (χ1n) is 7.30. The Bertz CT molecular complexity index is 503. The summed E-state index contributed by atoms with van der Waals surface area (Å²) in [5.74, 6) is 1.23. The minimum atomic E-state index is -0.000927. The lowest BCUT2D eigenvalue weighted by Gasteiger charge is -2.36. The average molecular weight is 293 g/mol. The summed E-state index contributed by atoms with van der Waals surface area (Å²) in [6.07, 6.45) is 0.0646. The summed E-state index contributed by atoms with van der Waals surface area (Å²) < 4.78 is 16.3. The molecule has 116 valence electrons. The van der Waals surface area contributed by atoms with Gasteiger partial charge in [0.15, 0.2) is 11.5 Å². The minimum Gasteiger partial charge on any atom is -0.493 e. The maximum Gasteiger partial charge on any atom is 0.254 e. The molecule has 1 aromatic carbocycles. The molecule has 1 saturated heterocycles. The van der Waals surface area contributed by atoms with Crippen LogP contribution < -0.4 is 9.47 Å². The highest BCUT2D eigenvalue weighted by Crippen LogP contribution is 2.29. The fraction of sp³-hybridized carbons (Fsp3) is 0.562. The topological polar surface area (TPSA) is 48.0 Å². The fourth-order valence-electron chi connectivity index (χ4n) is 2.43. The number of hydrogen-bond acceptors (Lipinski definition) is 4. The third kappa shape index (κ3) is 3.47. The summed E-state index contributed by atoms with van der Waals surface area (Å²) in [4.78, 5) is 14.5. The quantitative estimate of drug-likeness (QED) is 0.855. The van der Waals surface area contributed by atoms with Crippen LogP contribution in [0.4, 0.5) is 0 Å². The Hall–Kier alpha value is -1.75. The number of carbonyl (C=O) groups excluding carboxylic acids is 1. The summed E-state index contributed by atoms with van der Waals surface area (Å²) in [5, 5.41) is 0. The Balaban J connectivity index is 2.22. The molecule has 0 bridgehead atoms. The normalized spacial score (nSPS) is 22.0. The van der Waals surface area contributed by atoms with Crippen molar-refractivity contribution < 1.29 is 19.0 Å². The van der Waals surface area contributed by atoms with E-state index in [1.165, 1.54) is 0 Å². The van der Waals surface area contributed by atoms with Crippen molar-refractivity contribution in [1.29, 1.82) is 0 Å². The lowest BCUT2D eigenvalue weighted by atomic mass is 10.1. The molecule has 1 aliphatic heterocycles. The van der Waals surface area contributed by atoms with Gasteiger partial charge in [0, 0.05) is 12.1 Å². The van der Waals surface area contributed by atoms with Crippen LogP contribution in [0.3, 0.4) is 0 Å². The smallest absolute Gasteiger partial charge is 0.254 e. The molecule has 2 atom stereocenters. The maximum absolute atomic E-state index is 12.7. The molecule has 0 saturated carbocycles. The number of methoxy groups -OCH3 is 1. The Labute approximate surface area is 125 Å². The molecule has 1 aromatic rings. The summed E-state index contributed by atoms with van der Waals surface area (Å²) in [7, 11) is 1.57. The third-order valence-electron chi connectivity index (χ3n) is 3.58. The second-order valence-electron chi connectivity index (χ2n) is 5.25. The zero-order valence-electron chi connectivity index (χ0n) is 13.1. The van der Waals surface area contributed by atoms with Gasteiger partial charge in [-0.25, -0.2) is 0 Å². The van der Waals surface area contributed by atoms with E-state index in [9.17, 15) is 4.79 Å². The van der Waals surface area contributed by atoms with E-state index in [-0.39, 0.29) is 18.1 Å². The fourth-order valence-corrected chi connectivity index (χ4v) is 2.43. The van der Waals surface area contributed by atoms with Crippen LogP contribution in [-0.4, -0.2) is 49.8 Å². The van der Waals surface area contributed by atoms with Gasteiger partial charge in [0.2, 0.25) is 0 Å². The van der Waals surface area contributed by atoms with E-state index < -0.39 is 0 Å². The van der Waals surface area contributed by atoms with Crippen LogP contribution in [0.15, 0.2) is 18.2 Å². The zero-order chi connectivity index (χ0) is 15.4. The molecule has 0 aromatic heterocycles. The second-order valence-corrected chi connectivity index (χ2v) is 5.25. The molecular weight excluding hydrogens is 270 g/mol. The molecular formula is C16H23NO4. The van der Waals surface area contributed by atoms with E-state index in [2.05, 4.69) is 0 Å². The first kappa shape index (κ1) is 15.6. The minimum absolute atomic E-state index is 0.000927. The van der Waals surface area contributed by atoms with Crippen LogP contribution in [-0.2, 0) is 4.74 Å². The van der Waals surface area contributed by atoms with Gasteiger partial charge in [-0.3, -0.25) is 4.79 Å². The summed E-state index contributed by atoms with van der Waals surface area (Å²) >= 11 is 0. The van der Waals surface area contributed by atoms with Crippen LogP contribution in [0.5, 0.6) is 11.5 Å². The van der Waals surface area contributed by atoms with Gasteiger partial charge in [0.25, 0.3) is 5.91 Å². The molecule has 1 amide bonds. The second kappa shape index (κ2) is 6.80. The number of carbonyl (C=O) groups is 1. The van der Waals surface area contributed by atoms with Crippen molar-refractivity contribution in [3.63, 3.8) is 0 Å². The van der Waals surface area contributed by atoms with Gasteiger partial charge in [-0.2, -0.15) is 0 Å². The van der Waals surface area contributed by atoms with Gasteiger partial charge in [-0.05, 0) is 39.0 Å². The average Bonchev–Trinajstić information content (AvgIpc) is 2.49. The Morgan fingerprint density at radius 1 is 1.38 bits per heavy atom. The molecule has 0 spiro atoms. The van der Waals surface area contributed by atoms with Crippen molar-refractivity contribution in [1.82, 2.24) is 4.90 Å². The van der Waals surface area contributed by atoms with E-state index in [1.807, 2.05) is 25.7 Å². The Kier molecular flexibility index (Phi) is 5.07. The predicted molar refractivity (Wildman–Crippen MR) is 80.1 cm³/mol. The van der Waals surface area contributed by atoms with Crippen molar-refractivity contribution in [2.45, 2.75) is 32.9 Å². The molecule has 0 N–H and O–H groups in total. The number of nitrogens with zero attached hydrogens (tertiary/aromatic N) is 1. The van der Waals surface area contributed by atoms with E-state index in [0.29, 0.717) is 36.8 Å². The molecule has 2 unspecified atom stereocenters. The number of morpholine rings is 1. The predicted octanol–water partition coefficient (Wildman–Crippen LogP) is 2.34. The van der Waals surface area contributed by atoms with Crippen LogP contribution in [0, 0.1) is 0 Å². The molecule has 1 fully saturated rings. The maximum atomic E-state index is 12.7. The lowest BCUT2D eigenvalue weighted by molar-refractivity contribution is -0.0387. The van der Waals surface area contributed by atoms with Gasteiger partial charge < -0.3 is 19.1 Å². The highest BCUT2D eigenvalue weighted by Gasteiger charge is 2.28. The first-order valence-corrected chi connectivity index (χ1v) is 7.30. The van der Waals surface area contributed by atoms with Crippen LogP contribution in [0.2, 0.25) is 0 Å². The molecule has 0 aliphatic carbocycles. The van der Waals surface area contributed by atoms with Gasteiger partial charge in [-0.15, -0.1) is 0 Å². The van der Waals surface area contributed by atoms with Crippen molar-refractivity contribution in [2.75, 3.05) is 26.9 Å². The number of ether oxygens (including phenoxy) is 3. The number of hydrogen-bond donors (Lipinski definition) is 0. The number of amides is 1. The van der Waals surface area contributed by atoms with Gasteiger partial charge in [0.1, 0.15) is 0 Å². The molecule has 2 rings (SSSR count). The van der Waals surface area contributed by atoms with E-state index in [1.54, 1.807) is 25.3 Å². The van der Waals surface area contributed by atoms with Gasteiger partial charge in [-0.1, -0.05) is 0 Å².